The molecule has 0 spiro atoms. The van der Waals surface area contributed by atoms with Crippen LogP contribution in [-0.2, 0) is 4.79 Å². The fourth-order valence-corrected chi connectivity index (χ4v) is 2.25. The van der Waals surface area contributed by atoms with E-state index >= 15 is 0 Å². The minimum Gasteiger partial charge on any atom is -0.444 e. The molecule has 1 amide bonds. The molecule has 1 aliphatic rings. The number of carbonyl (C=O) groups excluding carboxylic acids is 1. The van der Waals surface area contributed by atoms with Gasteiger partial charge < -0.3 is 15.1 Å². The second kappa shape index (κ2) is 5.10. The van der Waals surface area contributed by atoms with Crippen LogP contribution in [0, 0.1) is 12.3 Å². The molecule has 1 aromatic rings. The Morgan fingerprint density at radius 3 is 3.00 bits per heavy atom. The highest BCUT2D eigenvalue weighted by molar-refractivity contribution is 5.82. The first-order chi connectivity index (χ1) is 8.51. The first-order valence-corrected chi connectivity index (χ1v) is 6.45. The van der Waals surface area contributed by atoms with Crippen molar-refractivity contribution >= 4 is 5.91 Å². The van der Waals surface area contributed by atoms with Crippen molar-refractivity contribution in [3.8, 4) is 0 Å². The standard InChI is InChI=1S/C13H21N3O2/c1-9-7-15-11(18-9)10(2)16-12(17)13(3)5-4-6-14-8-13/h7,10,14H,4-6,8H2,1-3H3,(H,16,17). The van der Waals surface area contributed by atoms with Gasteiger partial charge in [-0.05, 0) is 40.2 Å². The second-order valence-electron chi connectivity index (χ2n) is 5.35. The predicted octanol–water partition coefficient (Wildman–Crippen LogP) is 1.55. The summed E-state index contributed by atoms with van der Waals surface area (Å²) in [5, 5.41) is 6.26. The van der Waals surface area contributed by atoms with E-state index in [9.17, 15) is 4.79 Å². The summed E-state index contributed by atoms with van der Waals surface area (Å²) in [5.74, 6) is 1.39. The van der Waals surface area contributed by atoms with Gasteiger partial charge in [-0.1, -0.05) is 0 Å². The van der Waals surface area contributed by atoms with Gasteiger partial charge in [0.1, 0.15) is 11.8 Å². The van der Waals surface area contributed by atoms with Crippen molar-refractivity contribution in [1.82, 2.24) is 15.6 Å². The Balaban J connectivity index is 1.98. The SMILES string of the molecule is Cc1cnc(C(C)NC(=O)C2(C)CCCNC2)o1. The lowest BCUT2D eigenvalue weighted by molar-refractivity contribution is -0.132. The largest absolute Gasteiger partial charge is 0.444 e. The minimum absolute atomic E-state index is 0.0676. The topological polar surface area (TPSA) is 67.2 Å². The third-order valence-electron chi connectivity index (χ3n) is 3.50. The maximum absolute atomic E-state index is 12.3. The molecule has 0 aliphatic carbocycles. The van der Waals surface area contributed by atoms with Crippen molar-refractivity contribution in [3.05, 3.63) is 17.8 Å². The van der Waals surface area contributed by atoms with Gasteiger partial charge in [-0.25, -0.2) is 4.98 Å². The first kappa shape index (κ1) is 13.1. The number of nitrogens with zero attached hydrogens (tertiary/aromatic N) is 1. The van der Waals surface area contributed by atoms with E-state index in [0.717, 1.165) is 31.7 Å². The Labute approximate surface area is 107 Å². The highest BCUT2D eigenvalue weighted by atomic mass is 16.4. The number of hydrogen-bond acceptors (Lipinski definition) is 4. The summed E-state index contributed by atoms with van der Waals surface area (Å²) in [6.45, 7) is 7.47. The van der Waals surface area contributed by atoms with Crippen molar-refractivity contribution in [2.24, 2.45) is 5.41 Å². The van der Waals surface area contributed by atoms with Crippen LogP contribution in [0.15, 0.2) is 10.6 Å². The zero-order chi connectivity index (χ0) is 13.2. The highest BCUT2D eigenvalue weighted by Gasteiger charge is 2.35. The third-order valence-corrected chi connectivity index (χ3v) is 3.50. The fourth-order valence-electron chi connectivity index (χ4n) is 2.25. The Kier molecular flexibility index (Phi) is 3.71. The van der Waals surface area contributed by atoms with Gasteiger partial charge in [0, 0.05) is 6.54 Å². The van der Waals surface area contributed by atoms with Crippen LogP contribution in [0.3, 0.4) is 0 Å². The van der Waals surface area contributed by atoms with Crippen molar-refractivity contribution < 1.29 is 9.21 Å². The molecule has 0 aromatic carbocycles. The summed E-state index contributed by atoms with van der Waals surface area (Å²) >= 11 is 0. The van der Waals surface area contributed by atoms with E-state index in [1.165, 1.54) is 0 Å². The number of hydrogen-bond donors (Lipinski definition) is 2. The van der Waals surface area contributed by atoms with E-state index in [-0.39, 0.29) is 17.4 Å². The van der Waals surface area contributed by atoms with E-state index in [1.54, 1.807) is 6.20 Å². The number of nitrogens with one attached hydrogen (secondary N) is 2. The smallest absolute Gasteiger partial charge is 0.227 e. The molecule has 1 saturated heterocycles. The molecule has 1 fully saturated rings. The van der Waals surface area contributed by atoms with Crippen LogP contribution in [0.2, 0.25) is 0 Å². The number of carbonyl (C=O) groups is 1. The molecule has 2 rings (SSSR count). The van der Waals surface area contributed by atoms with E-state index < -0.39 is 0 Å². The molecule has 0 saturated carbocycles. The average Bonchev–Trinajstić information content (AvgIpc) is 2.77. The van der Waals surface area contributed by atoms with E-state index in [0.29, 0.717) is 5.89 Å². The van der Waals surface area contributed by atoms with Gasteiger partial charge in [0.25, 0.3) is 0 Å². The maximum Gasteiger partial charge on any atom is 0.227 e. The zero-order valence-electron chi connectivity index (χ0n) is 11.2. The quantitative estimate of drug-likeness (QED) is 0.855. The number of oxazole rings is 1. The lowest BCUT2D eigenvalue weighted by atomic mass is 9.82. The second-order valence-corrected chi connectivity index (χ2v) is 5.35. The summed E-state index contributed by atoms with van der Waals surface area (Å²) < 4.78 is 5.42. The van der Waals surface area contributed by atoms with Gasteiger partial charge >= 0.3 is 0 Å². The van der Waals surface area contributed by atoms with Crippen LogP contribution >= 0.6 is 0 Å². The fraction of sp³-hybridized carbons (Fsp3) is 0.692. The van der Waals surface area contributed by atoms with E-state index in [2.05, 4.69) is 15.6 Å². The van der Waals surface area contributed by atoms with Gasteiger partial charge in [0.05, 0.1) is 11.6 Å². The van der Waals surface area contributed by atoms with E-state index in [4.69, 9.17) is 4.42 Å². The molecule has 0 bridgehead atoms. The number of piperidine rings is 1. The monoisotopic (exact) mass is 251 g/mol. The van der Waals surface area contributed by atoms with Crippen molar-refractivity contribution in [2.75, 3.05) is 13.1 Å². The zero-order valence-corrected chi connectivity index (χ0v) is 11.2. The third kappa shape index (κ3) is 2.72. The van der Waals surface area contributed by atoms with Crippen molar-refractivity contribution in [3.63, 3.8) is 0 Å². The molecule has 2 heterocycles. The summed E-state index contributed by atoms with van der Waals surface area (Å²) in [5.41, 5.74) is -0.325. The predicted molar refractivity (Wildman–Crippen MR) is 68.0 cm³/mol. The van der Waals surface area contributed by atoms with Crippen LogP contribution in [0.1, 0.15) is 44.4 Å². The molecule has 1 aliphatic heterocycles. The molecule has 0 radical (unpaired) electrons. The van der Waals surface area contributed by atoms with Crippen LogP contribution in [-0.4, -0.2) is 24.0 Å². The molecule has 100 valence electrons. The Morgan fingerprint density at radius 2 is 2.44 bits per heavy atom. The number of rotatable bonds is 3. The summed E-state index contributed by atoms with van der Waals surface area (Å²) in [6.07, 6.45) is 3.63. The molecular weight excluding hydrogens is 230 g/mol. The van der Waals surface area contributed by atoms with Crippen molar-refractivity contribution in [1.29, 1.82) is 0 Å². The van der Waals surface area contributed by atoms with Gasteiger partial charge in [0.15, 0.2) is 0 Å². The number of aromatic nitrogens is 1. The normalized spacial score (nSPS) is 25.7. The van der Waals surface area contributed by atoms with Gasteiger partial charge in [-0.3, -0.25) is 4.79 Å². The Hall–Kier alpha value is -1.36. The minimum atomic E-state index is -0.325. The highest BCUT2D eigenvalue weighted by Crippen LogP contribution is 2.26. The lowest BCUT2D eigenvalue weighted by Crippen LogP contribution is -2.49. The molecule has 1 aromatic heterocycles. The number of amides is 1. The summed E-state index contributed by atoms with van der Waals surface area (Å²) in [4.78, 5) is 16.4. The van der Waals surface area contributed by atoms with Gasteiger partial charge in [-0.15, -0.1) is 0 Å². The molecule has 2 atom stereocenters. The molecular formula is C13H21N3O2. The Morgan fingerprint density at radius 1 is 1.67 bits per heavy atom. The number of aryl methyl sites for hydroxylation is 1. The van der Waals surface area contributed by atoms with E-state index in [1.807, 2.05) is 20.8 Å². The van der Waals surface area contributed by atoms with Crippen molar-refractivity contribution in [2.45, 2.75) is 39.7 Å². The maximum atomic E-state index is 12.3. The molecule has 5 heteroatoms. The molecule has 18 heavy (non-hydrogen) atoms. The molecule has 2 unspecified atom stereocenters. The average molecular weight is 251 g/mol. The van der Waals surface area contributed by atoms with Crippen LogP contribution < -0.4 is 10.6 Å². The molecule has 2 N–H and O–H groups in total. The van der Waals surface area contributed by atoms with Crippen LogP contribution in [0.5, 0.6) is 0 Å². The summed E-state index contributed by atoms with van der Waals surface area (Å²) in [6, 6.07) is -0.190. The van der Waals surface area contributed by atoms with Crippen LogP contribution in [0.4, 0.5) is 0 Å². The first-order valence-electron chi connectivity index (χ1n) is 6.45. The molecule has 5 nitrogen and oxygen atoms in total. The summed E-state index contributed by atoms with van der Waals surface area (Å²) in [7, 11) is 0. The Bertz CT molecular complexity index is 422. The van der Waals surface area contributed by atoms with Crippen LogP contribution in [0.25, 0.3) is 0 Å². The van der Waals surface area contributed by atoms with Gasteiger partial charge in [-0.2, -0.15) is 0 Å². The van der Waals surface area contributed by atoms with Gasteiger partial charge in [0.2, 0.25) is 11.8 Å². The lowest BCUT2D eigenvalue weighted by Gasteiger charge is -2.33.